The second-order valence-electron chi connectivity index (χ2n) is 32.7. The fourth-order valence-electron chi connectivity index (χ4n) is 12.3. The Morgan fingerprint density at radius 1 is 0.300 bits per heavy atom. The maximum absolute atomic E-state index is 14.0. The molecule has 8 rings (SSSR count). The van der Waals surface area contributed by atoms with Crippen LogP contribution in [0.2, 0.25) is 0 Å². The first-order valence-corrected chi connectivity index (χ1v) is 35.5. The molecule has 0 spiro atoms. The maximum atomic E-state index is 14.0. The number of rotatable bonds is 10. The van der Waals surface area contributed by atoms with Gasteiger partial charge in [0.1, 0.15) is 33.6 Å². The van der Waals surface area contributed by atoms with Crippen molar-refractivity contribution in [2.24, 2.45) is 0 Å². The van der Waals surface area contributed by atoms with Crippen molar-refractivity contribution < 1.29 is 57.2 Å². The Kier molecular flexibility index (Phi) is 25.3. The van der Waals surface area contributed by atoms with Crippen LogP contribution in [0.4, 0.5) is 28.8 Å². The van der Waals surface area contributed by atoms with Crippen molar-refractivity contribution in [2.45, 2.75) is 191 Å². The molecule has 0 saturated carbocycles. The standard InChI is InChI=1S/C79H113N9O12/c1-74(2,3)95-68(89)83-38-34-80(35-39-84(69(90)96-75(4,5)6)43-47-87(46-42-83)72(93)99-78(13,14)15)52-57-22-19-24-59(50-57)54-82(56-64-31-30-63-29-28-61-26-21-27-62-32-33-65(64)67(63)66(61)62)55-60-25-20-23-58(51-60)53-81-36-40-85(70(91)97-76(7,8)9)44-48-88(73(94)100-79(16,17)18)49-45-86(41-37-81)71(92)98-77(10,11)12/h19-33,50-51H,34-49,52-56H2,1-18H3. The summed E-state index contributed by atoms with van der Waals surface area (Å²) in [6.45, 7) is 39.9. The zero-order valence-electron chi connectivity index (χ0n) is 63.1. The minimum Gasteiger partial charge on any atom is -0.444 e. The van der Waals surface area contributed by atoms with Crippen LogP contribution in [0.3, 0.4) is 0 Å². The molecule has 21 heteroatoms. The summed E-state index contributed by atoms with van der Waals surface area (Å²) in [6, 6.07) is 37.2. The van der Waals surface area contributed by atoms with Crippen molar-refractivity contribution in [3.63, 3.8) is 0 Å². The molecule has 0 atom stereocenters. The molecule has 6 amide bonds. The Labute approximate surface area is 594 Å². The minimum absolute atomic E-state index is 0.152. The normalized spacial score (nSPS) is 16.4. The molecule has 0 unspecified atom stereocenters. The molecule has 0 aliphatic carbocycles. The van der Waals surface area contributed by atoms with E-state index in [2.05, 4.69) is 118 Å². The lowest BCUT2D eigenvalue weighted by Crippen LogP contribution is -2.51. The zero-order valence-corrected chi connectivity index (χ0v) is 63.1. The largest absolute Gasteiger partial charge is 0.444 e. The van der Waals surface area contributed by atoms with Crippen LogP contribution in [-0.2, 0) is 61.1 Å². The first kappa shape index (κ1) is 77.6. The average molecular weight is 1380 g/mol. The topological polar surface area (TPSA) is 187 Å². The minimum atomic E-state index is -0.771. The number of carbonyl (C=O) groups excluding carboxylic acids is 6. The van der Waals surface area contributed by atoms with E-state index >= 15 is 0 Å². The molecule has 0 aromatic heterocycles. The van der Waals surface area contributed by atoms with Crippen LogP contribution in [0, 0.1) is 0 Å². The number of benzene rings is 6. The lowest BCUT2D eigenvalue weighted by molar-refractivity contribution is 0.00431. The van der Waals surface area contributed by atoms with Crippen LogP contribution in [0.5, 0.6) is 0 Å². The van der Waals surface area contributed by atoms with Crippen molar-refractivity contribution in [1.82, 2.24) is 44.1 Å². The molecule has 100 heavy (non-hydrogen) atoms. The fraction of sp³-hybridized carbons (Fsp3) is 0.570. The third-order valence-electron chi connectivity index (χ3n) is 16.8. The molecule has 2 saturated heterocycles. The molecule has 0 N–H and O–H groups in total. The summed E-state index contributed by atoms with van der Waals surface area (Å²) in [7, 11) is 0. The molecule has 2 heterocycles. The lowest BCUT2D eigenvalue weighted by Gasteiger charge is -2.36. The van der Waals surface area contributed by atoms with Crippen LogP contribution in [0.1, 0.15) is 152 Å². The predicted octanol–water partition coefficient (Wildman–Crippen LogP) is 14.8. The second-order valence-corrected chi connectivity index (χ2v) is 32.7. The van der Waals surface area contributed by atoms with Gasteiger partial charge in [0.05, 0.1) is 0 Å². The summed E-state index contributed by atoms with van der Waals surface area (Å²) >= 11 is 0. The highest BCUT2D eigenvalue weighted by molar-refractivity contribution is 6.23. The quantitative estimate of drug-likeness (QED) is 0.0930. The van der Waals surface area contributed by atoms with Gasteiger partial charge in [-0.1, -0.05) is 103 Å². The van der Waals surface area contributed by atoms with Gasteiger partial charge in [-0.25, -0.2) is 28.8 Å². The number of carbonyl (C=O) groups is 6. The molecule has 2 aliphatic heterocycles. The lowest BCUT2D eigenvalue weighted by atomic mass is 9.92. The molecular weight excluding hydrogens is 1270 g/mol. The van der Waals surface area contributed by atoms with Gasteiger partial charge < -0.3 is 57.8 Å². The molecule has 2 aliphatic rings. The highest BCUT2D eigenvalue weighted by Crippen LogP contribution is 2.37. The third-order valence-corrected chi connectivity index (χ3v) is 16.8. The van der Waals surface area contributed by atoms with E-state index in [1.807, 2.05) is 125 Å². The van der Waals surface area contributed by atoms with E-state index in [1.54, 1.807) is 29.4 Å². The van der Waals surface area contributed by atoms with Crippen LogP contribution in [-0.4, -0.2) is 219 Å². The first-order valence-electron chi connectivity index (χ1n) is 35.5. The second kappa shape index (κ2) is 32.7. The number of hydrogen-bond acceptors (Lipinski definition) is 15. The predicted molar refractivity (Wildman–Crippen MR) is 393 cm³/mol. The average Bonchev–Trinajstić information content (AvgIpc) is 0.741. The van der Waals surface area contributed by atoms with Gasteiger partial charge in [-0.05, 0) is 185 Å². The van der Waals surface area contributed by atoms with E-state index < -0.39 is 70.2 Å². The number of hydrogen-bond donors (Lipinski definition) is 0. The summed E-state index contributed by atoms with van der Waals surface area (Å²) in [5, 5.41) is 7.31. The summed E-state index contributed by atoms with van der Waals surface area (Å²) < 4.78 is 35.5. The van der Waals surface area contributed by atoms with Gasteiger partial charge in [0.25, 0.3) is 0 Å². The van der Waals surface area contributed by atoms with Gasteiger partial charge in [-0.15, -0.1) is 0 Å². The van der Waals surface area contributed by atoms with Gasteiger partial charge in [0.2, 0.25) is 0 Å². The van der Waals surface area contributed by atoms with E-state index in [1.165, 1.54) is 37.9 Å². The van der Waals surface area contributed by atoms with Crippen LogP contribution in [0.25, 0.3) is 32.3 Å². The molecule has 2 fully saturated rings. The smallest absolute Gasteiger partial charge is 0.410 e. The highest BCUT2D eigenvalue weighted by atomic mass is 16.6. The van der Waals surface area contributed by atoms with Crippen molar-refractivity contribution in [3.8, 4) is 0 Å². The number of nitrogens with zero attached hydrogens (tertiary/aromatic N) is 9. The van der Waals surface area contributed by atoms with Gasteiger partial charge in [0.15, 0.2) is 0 Å². The Morgan fingerprint density at radius 2 is 0.550 bits per heavy atom. The monoisotopic (exact) mass is 1380 g/mol. The van der Waals surface area contributed by atoms with Gasteiger partial charge >= 0.3 is 36.6 Å². The first-order chi connectivity index (χ1) is 46.7. The van der Waals surface area contributed by atoms with Crippen molar-refractivity contribution in [2.75, 3.05) is 105 Å². The van der Waals surface area contributed by atoms with Crippen LogP contribution >= 0.6 is 0 Å². The van der Waals surface area contributed by atoms with Crippen molar-refractivity contribution in [3.05, 3.63) is 131 Å². The van der Waals surface area contributed by atoms with Gasteiger partial charge in [-0.3, -0.25) is 14.7 Å². The molecule has 21 nitrogen and oxygen atoms in total. The summed E-state index contributed by atoms with van der Waals surface area (Å²) in [5.41, 5.74) is 0.934. The third kappa shape index (κ3) is 24.3. The van der Waals surface area contributed by atoms with E-state index in [0.717, 1.165) is 22.3 Å². The van der Waals surface area contributed by atoms with E-state index in [0.29, 0.717) is 85.1 Å². The Morgan fingerprint density at radius 3 is 0.850 bits per heavy atom. The molecule has 0 bridgehead atoms. The summed E-state index contributed by atoms with van der Waals surface area (Å²) in [5.74, 6) is 0. The van der Waals surface area contributed by atoms with Crippen LogP contribution in [0.15, 0.2) is 103 Å². The fourth-order valence-corrected chi connectivity index (χ4v) is 12.3. The van der Waals surface area contributed by atoms with Crippen molar-refractivity contribution >= 4 is 68.9 Å². The Balaban J connectivity index is 1.10. The van der Waals surface area contributed by atoms with Crippen molar-refractivity contribution in [1.29, 1.82) is 0 Å². The van der Waals surface area contributed by atoms with Gasteiger partial charge in [-0.2, -0.15) is 0 Å². The molecule has 546 valence electrons. The summed E-state index contributed by atoms with van der Waals surface area (Å²) in [6.07, 6.45) is -3.01. The number of amides is 6. The van der Waals surface area contributed by atoms with E-state index in [4.69, 9.17) is 28.4 Å². The van der Waals surface area contributed by atoms with Gasteiger partial charge in [0, 0.05) is 137 Å². The molecule has 0 radical (unpaired) electrons. The molecule has 6 aromatic rings. The highest BCUT2D eigenvalue weighted by Gasteiger charge is 2.33. The molecule has 6 aromatic carbocycles. The SMILES string of the molecule is CC(C)(C)OC(=O)N1CCN(Cc2cccc(CN(Cc3cccc(CN4CCN(C(=O)OC(C)(C)C)CCN(C(=O)OC(C)(C)C)CCN(C(=O)OC(C)(C)C)CC4)c3)Cc3ccc4ccc5cccc6ccc3c4c56)c2)CCN(C(=O)OC(C)(C)C)CCN(C(=O)OC(C)(C)C)CC1. The van der Waals surface area contributed by atoms with Crippen LogP contribution < -0.4 is 0 Å². The van der Waals surface area contributed by atoms with E-state index in [-0.39, 0.29) is 52.4 Å². The number of ether oxygens (including phenoxy) is 6. The maximum Gasteiger partial charge on any atom is 0.410 e. The summed E-state index contributed by atoms with van der Waals surface area (Å²) in [4.78, 5) is 100. The Bertz CT molecular complexity index is 3490. The Hall–Kier alpha value is -8.14. The zero-order chi connectivity index (χ0) is 73.1. The van der Waals surface area contributed by atoms with E-state index in [9.17, 15) is 28.8 Å². The molecular formula is C79H113N9O12.